The molecule has 4 nitrogen and oxygen atoms in total. The first-order valence-electron chi connectivity index (χ1n) is 6.51. The number of amides is 1. The number of carbonyl (C=O) groups is 1. The Morgan fingerprint density at radius 1 is 1.53 bits per heavy atom. The van der Waals surface area contributed by atoms with Crippen LogP contribution in [0.15, 0.2) is 12.1 Å². The number of rotatable bonds is 1. The lowest BCUT2D eigenvalue weighted by atomic mass is 10.2. The predicted molar refractivity (Wildman–Crippen MR) is 78.5 cm³/mol. The van der Waals surface area contributed by atoms with Gasteiger partial charge in [0.15, 0.2) is 0 Å². The summed E-state index contributed by atoms with van der Waals surface area (Å²) < 4.78 is 0. The highest BCUT2D eigenvalue weighted by atomic mass is 32.1. The number of nitrogens with two attached hydrogens (primary N) is 1. The number of hydrogen-bond acceptors (Lipinski definition) is 4. The molecule has 1 fully saturated rings. The van der Waals surface area contributed by atoms with Gasteiger partial charge in [-0.2, -0.15) is 0 Å². The average molecular weight is 275 g/mol. The number of hydrogen-bond donors (Lipinski definition) is 1. The minimum atomic E-state index is 0.0579. The van der Waals surface area contributed by atoms with Crippen molar-refractivity contribution in [3.63, 3.8) is 0 Å². The quantitative estimate of drug-likeness (QED) is 0.870. The first-order chi connectivity index (χ1) is 9.06. The van der Waals surface area contributed by atoms with E-state index in [0.717, 1.165) is 35.4 Å². The standard InChI is InChI=1S/C14H17N3OS/c1-8-5-6-17(7-8)14(18)12-11(15)10-4-3-9(2)16-13(10)19-12/h3-4,8H,5-7,15H2,1-2H3. The van der Waals surface area contributed by atoms with Crippen LogP contribution < -0.4 is 5.73 Å². The number of fused-ring (bicyclic) bond motifs is 1. The zero-order chi connectivity index (χ0) is 13.6. The van der Waals surface area contributed by atoms with Crippen LogP contribution >= 0.6 is 11.3 Å². The van der Waals surface area contributed by atoms with Crippen LogP contribution in [0.5, 0.6) is 0 Å². The summed E-state index contributed by atoms with van der Waals surface area (Å²) in [7, 11) is 0. The SMILES string of the molecule is Cc1ccc2c(N)c(C(=O)N3CCC(C)C3)sc2n1. The molecule has 100 valence electrons. The van der Waals surface area contributed by atoms with Crippen LogP contribution in [0.2, 0.25) is 0 Å². The highest BCUT2D eigenvalue weighted by Crippen LogP contribution is 2.34. The van der Waals surface area contributed by atoms with Gasteiger partial charge in [0.05, 0.1) is 5.69 Å². The summed E-state index contributed by atoms with van der Waals surface area (Å²) in [6, 6.07) is 3.88. The molecule has 3 rings (SSSR count). The van der Waals surface area contributed by atoms with Crippen molar-refractivity contribution in [2.45, 2.75) is 20.3 Å². The van der Waals surface area contributed by atoms with Gasteiger partial charge in [0.1, 0.15) is 9.71 Å². The second-order valence-electron chi connectivity index (χ2n) is 5.30. The number of carbonyl (C=O) groups excluding carboxylic acids is 1. The third kappa shape index (κ3) is 2.08. The van der Waals surface area contributed by atoms with Gasteiger partial charge in [-0.25, -0.2) is 4.98 Å². The molecule has 19 heavy (non-hydrogen) atoms. The fraction of sp³-hybridized carbons (Fsp3) is 0.429. The fourth-order valence-corrected chi connectivity index (χ4v) is 3.62. The van der Waals surface area contributed by atoms with Crippen molar-refractivity contribution in [1.82, 2.24) is 9.88 Å². The highest BCUT2D eigenvalue weighted by molar-refractivity contribution is 7.21. The van der Waals surface area contributed by atoms with Crippen LogP contribution in [0.1, 0.15) is 28.7 Å². The van der Waals surface area contributed by atoms with E-state index in [1.54, 1.807) is 0 Å². The third-order valence-electron chi connectivity index (χ3n) is 3.64. The fourth-order valence-electron chi connectivity index (χ4n) is 2.51. The molecule has 1 saturated heterocycles. The number of pyridine rings is 1. The zero-order valence-electron chi connectivity index (χ0n) is 11.1. The molecule has 3 heterocycles. The topological polar surface area (TPSA) is 59.2 Å². The van der Waals surface area contributed by atoms with Crippen LogP contribution in [-0.4, -0.2) is 28.9 Å². The Kier molecular flexibility index (Phi) is 2.93. The van der Waals surface area contributed by atoms with Gasteiger partial charge >= 0.3 is 0 Å². The lowest BCUT2D eigenvalue weighted by molar-refractivity contribution is 0.0794. The van der Waals surface area contributed by atoms with E-state index in [9.17, 15) is 4.79 Å². The normalized spacial score (nSPS) is 19.3. The Labute approximate surface area is 116 Å². The van der Waals surface area contributed by atoms with Gasteiger partial charge in [-0.3, -0.25) is 4.79 Å². The minimum Gasteiger partial charge on any atom is -0.397 e. The molecule has 0 spiro atoms. The number of anilines is 1. The Hall–Kier alpha value is -1.62. The molecule has 0 aromatic carbocycles. The monoisotopic (exact) mass is 275 g/mol. The van der Waals surface area contributed by atoms with Crippen molar-refractivity contribution in [3.05, 3.63) is 22.7 Å². The van der Waals surface area contributed by atoms with E-state index in [-0.39, 0.29) is 5.91 Å². The molecular formula is C14H17N3OS. The van der Waals surface area contributed by atoms with Crippen molar-refractivity contribution in [2.75, 3.05) is 18.8 Å². The van der Waals surface area contributed by atoms with E-state index >= 15 is 0 Å². The number of aromatic nitrogens is 1. The molecule has 1 aliphatic rings. The van der Waals surface area contributed by atoms with Crippen molar-refractivity contribution >= 4 is 33.1 Å². The minimum absolute atomic E-state index is 0.0579. The van der Waals surface area contributed by atoms with Crippen molar-refractivity contribution in [3.8, 4) is 0 Å². The van der Waals surface area contributed by atoms with Crippen molar-refractivity contribution in [2.24, 2.45) is 5.92 Å². The molecule has 5 heteroatoms. The smallest absolute Gasteiger partial charge is 0.266 e. The molecule has 2 N–H and O–H groups in total. The van der Waals surface area contributed by atoms with Crippen molar-refractivity contribution < 1.29 is 4.79 Å². The summed E-state index contributed by atoms with van der Waals surface area (Å²) in [5.74, 6) is 0.641. The Morgan fingerprint density at radius 3 is 3.00 bits per heavy atom. The van der Waals surface area contributed by atoms with E-state index in [1.807, 2.05) is 24.0 Å². The summed E-state index contributed by atoms with van der Waals surface area (Å²) in [5, 5.41) is 0.895. The number of thiophene rings is 1. The first-order valence-corrected chi connectivity index (χ1v) is 7.33. The van der Waals surface area contributed by atoms with E-state index in [1.165, 1.54) is 11.3 Å². The van der Waals surface area contributed by atoms with Gasteiger partial charge < -0.3 is 10.6 Å². The van der Waals surface area contributed by atoms with E-state index in [2.05, 4.69) is 11.9 Å². The van der Waals surface area contributed by atoms with Gasteiger partial charge in [-0.05, 0) is 31.4 Å². The second kappa shape index (κ2) is 4.49. The molecule has 1 atom stereocenters. The first kappa shape index (κ1) is 12.4. The van der Waals surface area contributed by atoms with Crippen LogP contribution in [0.4, 0.5) is 5.69 Å². The summed E-state index contributed by atoms with van der Waals surface area (Å²) in [6.07, 6.45) is 1.08. The Bertz CT molecular complexity index is 649. The van der Waals surface area contributed by atoms with Crippen LogP contribution in [0.25, 0.3) is 10.2 Å². The molecule has 0 bridgehead atoms. The summed E-state index contributed by atoms with van der Waals surface area (Å²) in [6.45, 7) is 5.78. The average Bonchev–Trinajstić information content (AvgIpc) is 2.93. The lowest BCUT2D eigenvalue weighted by Crippen LogP contribution is -2.28. The molecule has 0 radical (unpaired) electrons. The maximum absolute atomic E-state index is 12.5. The van der Waals surface area contributed by atoms with Gasteiger partial charge in [0.25, 0.3) is 5.91 Å². The van der Waals surface area contributed by atoms with Crippen molar-refractivity contribution in [1.29, 1.82) is 0 Å². The molecule has 1 amide bonds. The second-order valence-corrected chi connectivity index (χ2v) is 6.29. The number of nitrogens with zero attached hydrogens (tertiary/aromatic N) is 2. The molecule has 2 aromatic heterocycles. The molecule has 0 saturated carbocycles. The molecule has 1 aliphatic heterocycles. The highest BCUT2D eigenvalue weighted by Gasteiger charge is 2.27. The Balaban J connectivity index is 2.00. The van der Waals surface area contributed by atoms with Crippen LogP contribution in [0, 0.1) is 12.8 Å². The number of aryl methyl sites for hydroxylation is 1. The summed E-state index contributed by atoms with van der Waals surface area (Å²) >= 11 is 1.41. The zero-order valence-corrected chi connectivity index (χ0v) is 12.0. The predicted octanol–water partition coefficient (Wildman–Crippen LogP) is 2.67. The number of nitrogen functional groups attached to an aromatic ring is 1. The van der Waals surface area contributed by atoms with Crippen LogP contribution in [-0.2, 0) is 0 Å². The maximum atomic E-state index is 12.5. The number of likely N-dealkylation sites (tertiary alicyclic amines) is 1. The van der Waals surface area contributed by atoms with E-state index in [4.69, 9.17) is 5.73 Å². The molecule has 1 unspecified atom stereocenters. The van der Waals surface area contributed by atoms with Gasteiger partial charge in [-0.1, -0.05) is 6.92 Å². The van der Waals surface area contributed by atoms with Crippen LogP contribution in [0.3, 0.4) is 0 Å². The summed E-state index contributed by atoms with van der Waals surface area (Å²) in [5.41, 5.74) is 7.64. The van der Waals surface area contributed by atoms with Gasteiger partial charge in [-0.15, -0.1) is 11.3 Å². The maximum Gasteiger partial charge on any atom is 0.266 e. The molecule has 0 aliphatic carbocycles. The van der Waals surface area contributed by atoms with Gasteiger partial charge in [0.2, 0.25) is 0 Å². The largest absolute Gasteiger partial charge is 0.397 e. The van der Waals surface area contributed by atoms with E-state index < -0.39 is 0 Å². The van der Waals surface area contributed by atoms with Gasteiger partial charge in [0, 0.05) is 24.2 Å². The molecule has 2 aromatic rings. The Morgan fingerprint density at radius 2 is 2.32 bits per heavy atom. The third-order valence-corrected chi connectivity index (χ3v) is 4.74. The molecular weight excluding hydrogens is 258 g/mol. The lowest BCUT2D eigenvalue weighted by Gasteiger charge is -2.14. The summed E-state index contributed by atoms with van der Waals surface area (Å²) in [4.78, 5) is 20.3. The van der Waals surface area contributed by atoms with E-state index in [0.29, 0.717) is 16.5 Å².